The van der Waals surface area contributed by atoms with Crippen LogP contribution in [0.1, 0.15) is 44.2 Å². The molecule has 0 radical (unpaired) electrons. The van der Waals surface area contributed by atoms with Crippen LogP contribution < -0.4 is 15.4 Å². The maximum atomic E-state index is 10.6. The van der Waals surface area contributed by atoms with Gasteiger partial charge in [0, 0.05) is 13.1 Å². The summed E-state index contributed by atoms with van der Waals surface area (Å²) in [5, 5.41) is 21.2. The number of aliphatic hydroxyl groups is 1. The van der Waals surface area contributed by atoms with Gasteiger partial charge in [0.15, 0.2) is 5.96 Å². The van der Waals surface area contributed by atoms with Gasteiger partial charge >= 0.3 is 0 Å². The van der Waals surface area contributed by atoms with Crippen molar-refractivity contribution in [2.45, 2.75) is 38.7 Å². The Morgan fingerprint density at radius 1 is 1.26 bits per heavy atom. The van der Waals surface area contributed by atoms with Crippen LogP contribution in [-0.2, 0) is 5.60 Å². The van der Waals surface area contributed by atoms with Gasteiger partial charge in [0.05, 0.1) is 13.7 Å². The third-order valence-corrected chi connectivity index (χ3v) is 5.27. The number of benzene rings is 1. The van der Waals surface area contributed by atoms with E-state index in [4.69, 9.17) is 4.74 Å². The van der Waals surface area contributed by atoms with Crippen molar-refractivity contribution in [2.24, 2.45) is 4.99 Å². The molecule has 0 aliphatic heterocycles. The molecule has 1 aromatic heterocycles. The summed E-state index contributed by atoms with van der Waals surface area (Å²) in [4.78, 5) is 4.57. The second-order valence-corrected chi connectivity index (χ2v) is 7.65. The van der Waals surface area contributed by atoms with E-state index < -0.39 is 5.60 Å². The van der Waals surface area contributed by atoms with E-state index in [2.05, 4.69) is 34.7 Å². The summed E-state index contributed by atoms with van der Waals surface area (Å²) in [6, 6.07) is 10.2. The summed E-state index contributed by atoms with van der Waals surface area (Å²) in [5.41, 5.74) is 1.24. The number of hydrogen-bond acceptors (Lipinski definition) is 4. The Bertz CT molecular complexity index is 697. The highest BCUT2D eigenvalue weighted by Crippen LogP contribution is 2.23. The molecule has 1 aromatic carbocycles. The minimum Gasteiger partial charge on any atom is -0.497 e. The molecular formula is C21H31N3O2S. The first-order valence-electron chi connectivity index (χ1n) is 9.37. The fourth-order valence-corrected chi connectivity index (χ4v) is 3.53. The molecule has 0 amide bonds. The Balaban J connectivity index is 1.87. The number of hydrogen-bond donors (Lipinski definition) is 3. The number of methoxy groups -OCH3 is 1. The van der Waals surface area contributed by atoms with Gasteiger partial charge in [0.25, 0.3) is 0 Å². The molecule has 0 spiro atoms. The van der Waals surface area contributed by atoms with E-state index in [1.165, 1.54) is 5.56 Å². The summed E-state index contributed by atoms with van der Waals surface area (Å²) in [6.45, 7) is 7.95. The van der Waals surface area contributed by atoms with Crippen molar-refractivity contribution in [3.63, 3.8) is 0 Å². The summed E-state index contributed by atoms with van der Waals surface area (Å²) in [7, 11) is 1.68. The van der Waals surface area contributed by atoms with Gasteiger partial charge in [-0.15, -0.1) is 0 Å². The lowest BCUT2D eigenvalue weighted by molar-refractivity contribution is 0.0677. The molecule has 2 atom stereocenters. The number of rotatable bonds is 9. The van der Waals surface area contributed by atoms with Crippen molar-refractivity contribution in [1.29, 1.82) is 0 Å². The number of aliphatic imine (C=N–C) groups is 1. The van der Waals surface area contributed by atoms with E-state index >= 15 is 0 Å². The molecule has 5 nitrogen and oxygen atoms in total. The Kier molecular flexibility index (Phi) is 8.13. The summed E-state index contributed by atoms with van der Waals surface area (Å²) in [6.07, 6.45) is 0.984. The molecule has 6 heteroatoms. The highest BCUT2D eigenvalue weighted by atomic mass is 32.1. The number of nitrogens with zero attached hydrogens (tertiary/aromatic N) is 1. The van der Waals surface area contributed by atoms with Gasteiger partial charge in [-0.25, -0.2) is 4.99 Å². The summed E-state index contributed by atoms with van der Waals surface area (Å²) >= 11 is 1.58. The van der Waals surface area contributed by atoms with Gasteiger partial charge in [0.1, 0.15) is 11.4 Å². The van der Waals surface area contributed by atoms with Gasteiger partial charge in [0.2, 0.25) is 0 Å². The topological polar surface area (TPSA) is 65.9 Å². The van der Waals surface area contributed by atoms with Crippen LogP contribution in [0.4, 0.5) is 0 Å². The molecule has 3 N–H and O–H groups in total. The minimum absolute atomic E-state index is 0.313. The number of thiophene rings is 1. The van der Waals surface area contributed by atoms with Crippen LogP contribution in [0.5, 0.6) is 5.75 Å². The molecule has 0 bridgehead atoms. The molecule has 148 valence electrons. The van der Waals surface area contributed by atoms with Crippen LogP contribution in [0.15, 0.2) is 46.1 Å². The van der Waals surface area contributed by atoms with E-state index in [0.717, 1.165) is 36.8 Å². The van der Waals surface area contributed by atoms with E-state index in [1.807, 2.05) is 35.9 Å². The van der Waals surface area contributed by atoms with E-state index in [1.54, 1.807) is 25.4 Å². The predicted molar refractivity (Wildman–Crippen MR) is 114 cm³/mol. The van der Waals surface area contributed by atoms with Crippen molar-refractivity contribution in [1.82, 2.24) is 10.6 Å². The van der Waals surface area contributed by atoms with Crippen molar-refractivity contribution < 1.29 is 9.84 Å². The molecule has 0 aliphatic rings. The second kappa shape index (κ2) is 10.3. The third kappa shape index (κ3) is 6.56. The van der Waals surface area contributed by atoms with Crippen molar-refractivity contribution in [2.75, 3.05) is 26.7 Å². The van der Waals surface area contributed by atoms with Gasteiger partial charge in [-0.2, -0.15) is 11.3 Å². The number of ether oxygens (including phenoxy) is 1. The lowest BCUT2D eigenvalue weighted by atomic mass is 9.98. The maximum absolute atomic E-state index is 10.6. The minimum atomic E-state index is -0.960. The molecule has 0 aliphatic carbocycles. The van der Waals surface area contributed by atoms with Crippen LogP contribution in [-0.4, -0.2) is 37.8 Å². The quantitative estimate of drug-likeness (QED) is 0.452. The maximum Gasteiger partial charge on any atom is 0.191 e. The average Bonchev–Trinajstić information content (AvgIpc) is 3.22. The Labute approximate surface area is 166 Å². The first-order chi connectivity index (χ1) is 13.0. The van der Waals surface area contributed by atoms with Gasteiger partial charge in [-0.1, -0.05) is 19.1 Å². The van der Waals surface area contributed by atoms with Crippen molar-refractivity contribution in [3.05, 3.63) is 52.2 Å². The molecule has 0 fully saturated rings. The van der Waals surface area contributed by atoms with Crippen molar-refractivity contribution in [3.8, 4) is 5.75 Å². The molecule has 2 unspecified atom stereocenters. The molecule has 1 heterocycles. The lowest BCUT2D eigenvalue weighted by Gasteiger charge is -2.21. The Morgan fingerprint density at radius 2 is 2.00 bits per heavy atom. The molecule has 0 saturated carbocycles. The predicted octanol–water partition coefficient (Wildman–Crippen LogP) is 3.71. The molecule has 2 aromatic rings. The van der Waals surface area contributed by atoms with Crippen LogP contribution in [0.3, 0.4) is 0 Å². The Hall–Kier alpha value is -2.05. The fourth-order valence-electron chi connectivity index (χ4n) is 2.74. The zero-order valence-corrected chi connectivity index (χ0v) is 17.5. The number of nitrogens with one attached hydrogen (secondary N) is 2. The first-order valence-corrected chi connectivity index (χ1v) is 10.3. The monoisotopic (exact) mass is 389 g/mol. The normalized spacial score (nSPS) is 15.1. The molecule has 27 heavy (non-hydrogen) atoms. The molecule has 0 saturated heterocycles. The van der Waals surface area contributed by atoms with Crippen LogP contribution in [0.25, 0.3) is 0 Å². The van der Waals surface area contributed by atoms with Crippen molar-refractivity contribution >= 4 is 17.3 Å². The van der Waals surface area contributed by atoms with Gasteiger partial charge in [-0.3, -0.25) is 0 Å². The third-order valence-electron chi connectivity index (χ3n) is 4.59. The van der Waals surface area contributed by atoms with E-state index in [0.29, 0.717) is 12.5 Å². The van der Waals surface area contributed by atoms with Gasteiger partial charge in [-0.05, 0) is 66.3 Å². The zero-order valence-electron chi connectivity index (χ0n) is 16.7. The summed E-state index contributed by atoms with van der Waals surface area (Å²) < 4.78 is 5.21. The molecular weight excluding hydrogens is 358 g/mol. The number of guanidine groups is 1. The highest BCUT2D eigenvalue weighted by Gasteiger charge is 2.23. The van der Waals surface area contributed by atoms with Crippen LogP contribution >= 0.6 is 11.3 Å². The largest absolute Gasteiger partial charge is 0.497 e. The smallest absolute Gasteiger partial charge is 0.191 e. The van der Waals surface area contributed by atoms with Crippen LogP contribution in [0, 0.1) is 0 Å². The van der Waals surface area contributed by atoms with E-state index in [9.17, 15) is 5.11 Å². The zero-order chi connectivity index (χ0) is 19.7. The van der Waals surface area contributed by atoms with Gasteiger partial charge < -0.3 is 20.5 Å². The summed E-state index contributed by atoms with van der Waals surface area (Å²) in [5.74, 6) is 2.04. The SMILES string of the molecule is CCNC(=NCC(C)(O)c1ccsc1)NCCC(C)c1ccc(OC)cc1. The second-order valence-electron chi connectivity index (χ2n) is 6.87. The lowest BCUT2D eigenvalue weighted by Crippen LogP contribution is -2.39. The fraction of sp³-hybridized carbons (Fsp3) is 0.476. The highest BCUT2D eigenvalue weighted by molar-refractivity contribution is 7.08. The van der Waals surface area contributed by atoms with E-state index in [-0.39, 0.29) is 0 Å². The average molecular weight is 390 g/mol. The standard InChI is InChI=1S/C21H31N3O2S/c1-5-22-20(24-15-21(3,25)18-11-13-27-14-18)23-12-10-16(2)17-6-8-19(26-4)9-7-17/h6-9,11,13-14,16,25H,5,10,12,15H2,1-4H3,(H2,22,23,24). The Morgan fingerprint density at radius 3 is 2.59 bits per heavy atom. The first kappa shape index (κ1) is 21.3. The molecule has 2 rings (SSSR count). The van der Waals surface area contributed by atoms with Crippen LogP contribution in [0.2, 0.25) is 0 Å².